The summed E-state index contributed by atoms with van der Waals surface area (Å²) in [6.07, 6.45) is 4.77. The standard InChI is InChI=1S/C18H15BrN2/c19-17-12-16(10-11-18(20)21-17)15-8-6-14(7-9-15)13-4-2-1-3-5-13/h1-10,12H,11H2,(H2,20,21). The molecule has 3 heteroatoms. The van der Waals surface area contributed by atoms with Gasteiger partial charge < -0.3 is 5.73 Å². The van der Waals surface area contributed by atoms with Crippen molar-refractivity contribution in [3.63, 3.8) is 0 Å². The van der Waals surface area contributed by atoms with Crippen LogP contribution in [0.1, 0.15) is 12.0 Å². The third kappa shape index (κ3) is 3.31. The van der Waals surface area contributed by atoms with E-state index in [-0.39, 0.29) is 0 Å². The molecule has 0 atom stereocenters. The molecule has 1 aliphatic heterocycles. The highest BCUT2D eigenvalue weighted by atomic mass is 79.9. The first-order valence-corrected chi connectivity index (χ1v) is 7.58. The maximum absolute atomic E-state index is 5.80. The van der Waals surface area contributed by atoms with Crippen molar-refractivity contribution in [3.8, 4) is 11.1 Å². The van der Waals surface area contributed by atoms with Crippen molar-refractivity contribution in [2.24, 2.45) is 10.7 Å². The second-order valence-corrected chi connectivity index (χ2v) is 5.69. The SMILES string of the molecule is NC1=NC(Br)=CC(c2ccc(-c3ccccc3)cc2)=CC1. The van der Waals surface area contributed by atoms with Gasteiger partial charge in [0.25, 0.3) is 0 Å². The molecule has 0 aromatic heterocycles. The van der Waals surface area contributed by atoms with Crippen molar-refractivity contribution >= 4 is 27.3 Å². The van der Waals surface area contributed by atoms with Crippen LogP contribution in [0.15, 0.2) is 76.3 Å². The number of aliphatic imine (C=N–C) groups is 1. The monoisotopic (exact) mass is 338 g/mol. The number of hydrogen-bond acceptors (Lipinski definition) is 2. The van der Waals surface area contributed by atoms with E-state index in [0.717, 1.165) is 15.7 Å². The molecule has 21 heavy (non-hydrogen) atoms. The maximum atomic E-state index is 5.80. The van der Waals surface area contributed by atoms with Crippen LogP contribution in [0.25, 0.3) is 16.7 Å². The second kappa shape index (κ2) is 6.10. The van der Waals surface area contributed by atoms with Crippen LogP contribution < -0.4 is 5.73 Å². The molecule has 2 aromatic carbocycles. The number of nitrogens with zero attached hydrogens (tertiary/aromatic N) is 1. The highest BCUT2D eigenvalue weighted by molar-refractivity contribution is 9.11. The minimum atomic E-state index is 0.619. The summed E-state index contributed by atoms with van der Waals surface area (Å²) in [6.45, 7) is 0. The zero-order chi connectivity index (χ0) is 14.7. The number of benzene rings is 2. The van der Waals surface area contributed by atoms with E-state index in [4.69, 9.17) is 5.73 Å². The fraction of sp³-hybridized carbons (Fsp3) is 0.0556. The largest absolute Gasteiger partial charge is 0.387 e. The van der Waals surface area contributed by atoms with E-state index >= 15 is 0 Å². The van der Waals surface area contributed by atoms with E-state index in [2.05, 4.69) is 75.5 Å². The first-order valence-electron chi connectivity index (χ1n) is 6.78. The van der Waals surface area contributed by atoms with Crippen LogP contribution in [-0.4, -0.2) is 5.84 Å². The van der Waals surface area contributed by atoms with Crippen molar-refractivity contribution in [2.45, 2.75) is 6.42 Å². The van der Waals surface area contributed by atoms with Crippen LogP contribution in [0.5, 0.6) is 0 Å². The number of halogens is 1. The topological polar surface area (TPSA) is 38.4 Å². The van der Waals surface area contributed by atoms with Gasteiger partial charge in [-0.15, -0.1) is 0 Å². The van der Waals surface area contributed by atoms with Gasteiger partial charge in [0.05, 0.1) is 0 Å². The minimum absolute atomic E-state index is 0.619. The van der Waals surface area contributed by atoms with E-state index in [0.29, 0.717) is 12.3 Å². The minimum Gasteiger partial charge on any atom is -0.387 e. The summed E-state index contributed by atoms with van der Waals surface area (Å²) in [4.78, 5) is 4.24. The summed E-state index contributed by atoms with van der Waals surface area (Å²) < 4.78 is 0.760. The Morgan fingerprint density at radius 1 is 0.857 bits per heavy atom. The Labute approximate surface area is 132 Å². The quantitative estimate of drug-likeness (QED) is 0.789. The Morgan fingerprint density at radius 3 is 2.19 bits per heavy atom. The molecule has 1 aliphatic rings. The average Bonchev–Trinajstić information content (AvgIpc) is 2.69. The molecule has 0 unspecified atom stereocenters. The van der Waals surface area contributed by atoms with Crippen LogP contribution >= 0.6 is 15.9 Å². The Bertz CT molecular complexity index is 726. The molecule has 0 spiro atoms. The van der Waals surface area contributed by atoms with Crippen LogP contribution in [0.3, 0.4) is 0 Å². The lowest BCUT2D eigenvalue weighted by Gasteiger charge is -2.05. The fourth-order valence-electron chi connectivity index (χ4n) is 2.30. The van der Waals surface area contributed by atoms with Gasteiger partial charge in [-0.2, -0.15) is 0 Å². The van der Waals surface area contributed by atoms with Crippen LogP contribution in [-0.2, 0) is 0 Å². The molecular weight excluding hydrogens is 324 g/mol. The third-order valence-corrected chi connectivity index (χ3v) is 3.79. The normalized spacial score (nSPS) is 14.8. The van der Waals surface area contributed by atoms with E-state index in [1.165, 1.54) is 11.1 Å². The molecule has 0 amide bonds. The van der Waals surface area contributed by atoms with Gasteiger partial charge in [-0.25, -0.2) is 4.99 Å². The Balaban J connectivity index is 1.90. The van der Waals surface area contributed by atoms with E-state index in [1.807, 2.05) is 12.1 Å². The zero-order valence-corrected chi connectivity index (χ0v) is 13.0. The molecule has 1 heterocycles. The number of nitrogens with two attached hydrogens (primary N) is 1. The second-order valence-electron chi connectivity index (χ2n) is 4.88. The summed E-state index contributed by atoms with van der Waals surface area (Å²) in [5, 5.41) is 0. The molecule has 0 aliphatic carbocycles. The maximum Gasteiger partial charge on any atom is 0.108 e. The molecule has 2 aromatic rings. The first kappa shape index (κ1) is 13.8. The molecule has 0 saturated heterocycles. The average molecular weight is 339 g/mol. The van der Waals surface area contributed by atoms with Gasteiger partial charge in [0, 0.05) is 6.42 Å². The lowest BCUT2D eigenvalue weighted by molar-refractivity contribution is 1.37. The van der Waals surface area contributed by atoms with Gasteiger partial charge in [0.15, 0.2) is 0 Å². The van der Waals surface area contributed by atoms with E-state index < -0.39 is 0 Å². The van der Waals surface area contributed by atoms with E-state index in [9.17, 15) is 0 Å². The smallest absolute Gasteiger partial charge is 0.108 e. The van der Waals surface area contributed by atoms with Crippen molar-refractivity contribution in [1.29, 1.82) is 0 Å². The lowest BCUT2D eigenvalue weighted by Crippen LogP contribution is -2.09. The number of allylic oxidation sites excluding steroid dienone is 2. The number of rotatable bonds is 2. The Morgan fingerprint density at radius 2 is 1.48 bits per heavy atom. The van der Waals surface area contributed by atoms with Crippen molar-refractivity contribution in [1.82, 2.24) is 0 Å². The van der Waals surface area contributed by atoms with Crippen molar-refractivity contribution in [3.05, 3.63) is 76.9 Å². The summed E-state index contributed by atoms with van der Waals surface area (Å²) in [7, 11) is 0. The molecule has 0 bridgehead atoms. The van der Waals surface area contributed by atoms with Crippen LogP contribution in [0.2, 0.25) is 0 Å². The first-order chi connectivity index (χ1) is 10.2. The van der Waals surface area contributed by atoms with Crippen molar-refractivity contribution < 1.29 is 0 Å². The highest BCUT2D eigenvalue weighted by Crippen LogP contribution is 2.26. The molecule has 0 radical (unpaired) electrons. The van der Waals surface area contributed by atoms with Gasteiger partial charge in [-0.3, -0.25) is 0 Å². The molecule has 0 saturated carbocycles. The lowest BCUT2D eigenvalue weighted by atomic mass is 10.00. The predicted molar refractivity (Wildman–Crippen MR) is 93.1 cm³/mol. The number of amidine groups is 1. The molecule has 3 rings (SSSR count). The fourth-order valence-corrected chi connectivity index (χ4v) is 2.78. The van der Waals surface area contributed by atoms with Crippen molar-refractivity contribution in [2.75, 3.05) is 0 Å². The highest BCUT2D eigenvalue weighted by Gasteiger charge is 2.05. The predicted octanol–water partition coefficient (Wildman–Crippen LogP) is 4.73. The molecule has 2 N–H and O–H groups in total. The van der Waals surface area contributed by atoms with Gasteiger partial charge in [0.1, 0.15) is 10.4 Å². The summed E-state index contributed by atoms with van der Waals surface area (Å²) in [6, 6.07) is 18.9. The molecule has 2 nitrogen and oxygen atoms in total. The van der Waals surface area contributed by atoms with Crippen LogP contribution in [0.4, 0.5) is 0 Å². The number of hydrogen-bond donors (Lipinski definition) is 1. The Hall–Kier alpha value is -2.13. The van der Waals surface area contributed by atoms with Gasteiger partial charge >= 0.3 is 0 Å². The molecule has 0 fully saturated rings. The van der Waals surface area contributed by atoms with Gasteiger partial charge in [0.2, 0.25) is 0 Å². The Kier molecular flexibility index (Phi) is 4.02. The summed E-state index contributed by atoms with van der Waals surface area (Å²) >= 11 is 3.42. The third-order valence-electron chi connectivity index (χ3n) is 3.38. The van der Waals surface area contributed by atoms with Gasteiger partial charge in [-0.05, 0) is 44.3 Å². The van der Waals surface area contributed by atoms with Crippen LogP contribution in [0, 0.1) is 0 Å². The zero-order valence-electron chi connectivity index (χ0n) is 11.5. The molecule has 104 valence electrons. The van der Waals surface area contributed by atoms with E-state index in [1.54, 1.807) is 0 Å². The molecular formula is C18H15BrN2. The summed E-state index contributed by atoms with van der Waals surface area (Å²) in [5.74, 6) is 0.619. The summed E-state index contributed by atoms with van der Waals surface area (Å²) in [5.41, 5.74) is 10.5. The van der Waals surface area contributed by atoms with Gasteiger partial charge in [-0.1, -0.05) is 60.7 Å².